The van der Waals surface area contributed by atoms with Crippen LogP contribution < -0.4 is 5.32 Å². The molecule has 1 fully saturated rings. The van der Waals surface area contributed by atoms with E-state index >= 15 is 0 Å². The van der Waals surface area contributed by atoms with E-state index in [-0.39, 0.29) is 41.7 Å². The molecule has 1 unspecified atom stereocenters. The van der Waals surface area contributed by atoms with Crippen LogP contribution >= 0.6 is 24.0 Å². The van der Waals surface area contributed by atoms with Crippen molar-refractivity contribution in [1.82, 2.24) is 15.1 Å². The summed E-state index contributed by atoms with van der Waals surface area (Å²) >= 11 is 0. The van der Waals surface area contributed by atoms with Gasteiger partial charge in [-0.05, 0) is 30.7 Å². The van der Waals surface area contributed by atoms with E-state index in [1.807, 2.05) is 11.8 Å². The van der Waals surface area contributed by atoms with Crippen molar-refractivity contribution in [3.8, 4) is 0 Å². The Morgan fingerprint density at radius 3 is 2.29 bits per heavy atom. The fraction of sp³-hybridized carbons (Fsp3) is 0.429. The monoisotopic (exact) mass is 560 g/mol. The summed E-state index contributed by atoms with van der Waals surface area (Å²) in [6, 6.07) is 11.6. The van der Waals surface area contributed by atoms with E-state index in [0.29, 0.717) is 49.2 Å². The minimum Gasteiger partial charge on any atom is -0.459 e. The Hall–Kier alpha value is -2.08. The first-order valence-electron chi connectivity index (χ1n) is 10.0. The lowest BCUT2D eigenvalue weighted by molar-refractivity contribution is 0.0657. The lowest BCUT2D eigenvalue weighted by Gasteiger charge is -2.37. The zero-order chi connectivity index (χ0) is 21.6. The van der Waals surface area contributed by atoms with Crippen molar-refractivity contribution in [2.45, 2.75) is 24.3 Å². The van der Waals surface area contributed by atoms with Gasteiger partial charge < -0.3 is 19.5 Å². The number of carbonyl (C=O) groups excluding carboxylic acids is 1. The number of amides is 1. The van der Waals surface area contributed by atoms with E-state index in [4.69, 9.17) is 4.42 Å². The Kier molecular flexibility index (Phi) is 9.35. The van der Waals surface area contributed by atoms with E-state index in [1.54, 1.807) is 54.4 Å². The van der Waals surface area contributed by atoms with Gasteiger partial charge in [-0.3, -0.25) is 9.79 Å². The van der Waals surface area contributed by atoms with Crippen molar-refractivity contribution in [1.29, 1.82) is 0 Å². The van der Waals surface area contributed by atoms with E-state index in [9.17, 15) is 13.2 Å². The summed E-state index contributed by atoms with van der Waals surface area (Å²) in [6.07, 6.45) is 2.13. The molecule has 0 radical (unpaired) electrons. The summed E-state index contributed by atoms with van der Waals surface area (Å²) in [5.74, 6) is 0.852. The first-order valence-corrected chi connectivity index (χ1v) is 11.7. The van der Waals surface area contributed by atoms with Gasteiger partial charge >= 0.3 is 0 Å². The van der Waals surface area contributed by atoms with Gasteiger partial charge in [-0.25, -0.2) is 8.42 Å². The molecule has 1 saturated heterocycles. The number of furan rings is 1. The maximum Gasteiger partial charge on any atom is 0.289 e. The number of hydrogen-bond donors (Lipinski definition) is 1. The Bertz CT molecular complexity index is 957. The van der Waals surface area contributed by atoms with Crippen LogP contribution in [0.5, 0.6) is 0 Å². The Labute approximate surface area is 200 Å². The van der Waals surface area contributed by atoms with Crippen LogP contribution in [0, 0.1) is 0 Å². The molecule has 1 amide bonds. The Morgan fingerprint density at radius 2 is 1.74 bits per heavy atom. The zero-order valence-electron chi connectivity index (χ0n) is 17.7. The largest absolute Gasteiger partial charge is 0.459 e. The molecule has 0 aliphatic carbocycles. The van der Waals surface area contributed by atoms with Gasteiger partial charge in [0.05, 0.1) is 16.9 Å². The number of rotatable bonds is 6. The summed E-state index contributed by atoms with van der Waals surface area (Å²) < 4.78 is 30.7. The van der Waals surface area contributed by atoms with Crippen molar-refractivity contribution in [3.63, 3.8) is 0 Å². The van der Waals surface area contributed by atoms with Gasteiger partial charge in [0, 0.05) is 39.3 Å². The number of nitrogens with zero attached hydrogens (tertiary/aromatic N) is 3. The third-order valence-corrected chi connectivity index (χ3v) is 6.99. The van der Waals surface area contributed by atoms with Crippen LogP contribution in [-0.4, -0.2) is 75.1 Å². The number of carbonyl (C=O) groups is 1. The summed E-state index contributed by atoms with van der Waals surface area (Å²) in [6.45, 7) is 4.24. The summed E-state index contributed by atoms with van der Waals surface area (Å²) in [5.41, 5.74) is 0. The molecule has 1 atom stereocenters. The molecule has 31 heavy (non-hydrogen) atoms. The number of piperazine rings is 1. The van der Waals surface area contributed by atoms with Crippen LogP contribution in [0.1, 0.15) is 23.9 Å². The van der Waals surface area contributed by atoms with Crippen LogP contribution in [0.2, 0.25) is 0 Å². The fourth-order valence-corrected chi connectivity index (χ4v) is 5.02. The Balaban J connectivity index is 0.00000341. The molecule has 2 heterocycles. The molecule has 170 valence electrons. The van der Waals surface area contributed by atoms with E-state index in [1.165, 1.54) is 6.26 Å². The van der Waals surface area contributed by atoms with E-state index in [0.717, 1.165) is 0 Å². The Morgan fingerprint density at radius 1 is 1.10 bits per heavy atom. The lowest BCUT2D eigenvalue weighted by atomic mass is 10.2. The van der Waals surface area contributed by atoms with E-state index in [2.05, 4.69) is 10.3 Å². The molecule has 0 spiro atoms. The molecule has 1 aliphatic heterocycles. The molecule has 3 rings (SSSR count). The predicted octanol–water partition coefficient (Wildman–Crippen LogP) is 2.48. The molecule has 2 aromatic rings. The molecule has 1 aromatic carbocycles. The third kappa shape index (κ3) is 6.45. The summed E-state index contributed by atoms with van der Waals surface area (Å²) in [4.78, 5) is 20.9. The second-order valence-electron chi connectivity index (χ2n) is 7.15. The highest BCUT2D eigenvalue weighted by Crippen LogP contribution is 2.14. The second-order valence-corrected chi connectivity index (χ2v) is 9.18. The number of guanidine groups is 1. The molecule has 1 N–H and O–H groups in total. The fourth-order valence-electron chi connectivity index (χ4n) is 3.41. The quantitative estimate of drug-likeness (QED) is 0.332. The van der Waals surface area contributed by atoms with Crippen molar-refractivity contribution in [2.24, 2.45) is 4.99 Å². The second kappa shape index (κ2) is 11.5. The first-order chi connectivity index (χ1) is 14.4. The van der Waals surface area contributed by atoms with Crippen LogP contribution in [-0.2, 0) is 9.84 Å². The number of benzene rings is 1. The number of nitrogens with one attached hydrogen (secondary N) is 1. The maximum atomic E-state index is 12.7. The van der Waals surface area contributed by atoms with Crippen molar-refractivity contribution >= 4 is 45.7 Å². The topological polar surface area (TPSA) is 95.2 Å². The number of halogens is 1. The van der Waals surface area contributed by atoms with Crippen molar-refractivity contribution in [2.75, 3.05) is 39.0 Å². The van der Waals surface area contributed by atoms with Crippen LogP contribution in [0.25, 0.3) is 0 Å². The highest BCUT2D eigenvalue weighted by Gasteiger charge is 2.27. The molecular formula is C21H29IN4O4S. The standard InChI is InChI=1S/C21H28N4O4S.HI/c1-3-17(16-30(27,28)18-8-5-4-6-9-18)23-21(22-2)25-13-11-24(12-14-25)20(26)19-10-7-15-29-19;/h4-10,15,17H,3,11-14,16H2,1-2H3,(H,22,23);1H. The van der Waals surface area contributed by atoms with E-state index < -0.39 is 9.84 Å². The molecule has 0 bridgehead atoms. The van der Waals surface area contributed by atoms with Gasteiger partial charge in [-0.2, -0.15) is 0 Å². The molecule has 0 saturated carbocycles. The predicted molar refractivity (Wildman–Crippen MR) is 131 cm³/mol. The van der Waals surface area contributed by atoms with Gasteiger partial charge in [-0.15, -0.1) is 24.0 Å². The summed E-state index contributed by atoms with van der Waals surface area (Å²) in [5, 5.41) is 3.30. The lowest BCUT2D eigenvalue weighted by Crippen LogP contribution is -2.55. The summed E-state index contributed by atoms with van der Waals surface area (Å²) in [7, 11) is -1.72. The van der Waals surface area contributed by atoms with Gasteiger partial charge in [0.25, 0.3) is 5.91 Å². The minimum absolute atomic E-state index is 0. The molecule has 10 heteroatoms. The number of aliphatic imine (C=N–C) groups is 1. The third-order valence-electron chi connectivity index (χ3n) is 5.16. The molecular weight excluding hydrogens is 531 g/mol. The molecule has 8 nitrogen and oxygen atoms in total. The smallest absolute Gasteiger partial charge is 0.289 e. The molecule has 1 aliphatic rings. The van der Waals surface area contributed by atoms with Gasteiger partial charge in [0.2, 0.25) is 0 Å². The number of hydrogen-bond acceptors (Lipinski definition) is 5. The van der Waals surface area contributed by atoms with Crippen LogP contribution in [0.4, 0.5) is 0 Å². The maximum absolute atomic E-state index is 12.7. The SMILES string of the molecule is CCC(CS(=O)(=O)c1ccccc1)NC(=NC)N1CCN(C(=O)c2ccco2)CC1.I. The van der Waals surface area contributed by atoms with Crippen molar-refractivity contribution < 1.29 is 17.6 Å². The minimum atomic E-state index is -3.40. The van der Waals surface area contributed by atoms with Crippen LogP contribution in [0.3, 0.4) is 0 Å². The highest BCUT2D eigenvalue weighted by atomic mass is 127. The van der Waals surface area contributed by atoms with Gasteiger partial charge in [0.1, 0.15) is 0 Å². The van der Waals surface area contributed by atoms with Crippen molar-refractivity contribution in [3.05, 3.63) is 54.5 Å². The number of sulfone groups is 1. The average Bonchev–Trinajstić information content (AvgIpc) is 3.32. The average molecular weight is 560 g/mol. The van der Waals surface area contributed by atoms with Crippen LogP contribution in [0.15, 0.2) is 63.0 Å². The zero-order valence-corrected chi connectivity index (χ0v) is 20.9. The normalized spacial score (nSPS) is 15.9. The first kappa shape index (κ1) is 25.2. The van der Waals surface area contributed by atoms with Gasteiger partial charge in [0.15, 0.2) is 21.6 Å². The molecule has 1 aromatic heterocycles. The van der Waals surface area contributed by atoms with Gasteiger partial charge in [-0.1, -0.05) is 25.1 Å². The highest BCUT2D eigenvalue weighted by molar-refractivity contribution is 14.0.